The fraction of sp³-hybridized carbons (Fsp3) is 0.148. The van der Waals surface area contributed by atoms with Crippen molar-refractivity contribution in [2.24, 2.45) is 4.99 Å². The molecule has 2 aromatic heterocycles. The van der Waals surface area contributed by atoms with E-state index in [1.54, 1.807) is 50.4 Å². The van der Waals surface area contributed by atoms with Crippen LogP contribution in [0.1, 0.15) is 31.2 Å². The van der Waals surface area contributed by atoms with Crippen LogP contribution in [0.5, 0.6) is 5.75 Å². The molecule has 0 N–H and O–H groups in total. The summed E-state index contributed by atoms with van der Waals surface area (Å²) in [6.45, 7) is 3.24. The average molecular weight is 539 g/mol. The van der Waals surface area contributed by atoms with Crippen LogP contribution in [-0.4, -0.2) is 17.5 Å². The van der Waals surface area contributed by atoms with Crippen LogP contribution in [0.3, 0.4) is 0 Å². The number of carbonyl (C=O) groups excluding carboxylic acids is 1. The van der Waals surface area contributed by atoms with E-state index < -0.39 is 6.04 Å². The molecule has 182 valence electrons. The van der Waals surface area contributed by atoms with Crippen LogP contribution < -0.4 is 19.6 Å². The van der Waals surface area contributed by atoms with Gasteiger partial charge in [-0.2, -0.15) is 0 Å². The quantitative estimate of drug-likeness (QED) is 0.341. The number of thiazole rings is 1. The van der Waals surface area contributed by atoms with Crippen molar-refractivity contribution in [3.05, 3.63) is 107 Å². The molecule has 0 bridgehead atoms. The van der Waals surface area contributed by atoms with Gasteiger partial charge in [0.25, 0.3) is 5.56 Å². The van der Waals surface area contributed by atoms with E-state index in [1.807, 2.05) is 24.3 Å². The van der Waals surface area contributed by atoms with Crippen molar-refractivity contribution >= 4 is 46.4 Å². The molecule has 1 atom stereocenters. The molecule has 5 rings (SSSR count). The lowest BCUT2D eigenvalue weighted by atomic mass is 9.98. The van der Waals surface area contributed by atoms with Gasteiger partial charge in [-0.15, -0.1) is 0 Å². The maximum Gasteiger partial charge on any atom is 0.271 e. The number of methoxy groups -OCH3 is 1. The molecular weight excluding hydrogens is 519 g/mol. The monoisotopic (exact) mass is 538 g/mol. The number of furan rings is 1. The Labute approximate surface area is 220 Å². The van der Waals surface area contributed by atoms with Gasteiger partial charge >= 0.3 is 0 Å². The summed E-state index contributed by atoms with van der Waals surface area (Å²) in [6.07, 6.45) is 1.80. The number of rotatable bonds is 5. The summed E-state index contributed by atoms with van der Waals surface area (Å²) in [7, 11) is 1.60. The van der Waals surface area contributed by atoms with Crippen molar-refractivity contribution in [2.45, 2.75) is 19.9 Å². The number of benzene rings is 2. The summed E-state index contributed by atoms with van der Waals surface area (Å²) in [5.74, 6) is 1.54. The molecular formula is C27H20Cl2N2O4S. The number of allylic oxidation sites excluding steroid dienone is 2. The molecule has 0 saturated heterocycles. The lowest BCUT2D eigenvalue weighted by Gasteiger charge is -2.22. The first kappa shape index (κ1) is 24.3. The molecule has 6 nitrogen and oxygen atoms in total. The minimum Gasteiger partial charge on any atom is -0.497 e. The van der Waals surface area contributed by atoms with Crippen molar-refractivity contribution in [2.75, 3.05) is 7.11 Å². The van der Waals surface area contributed by atoms with Crippen LogP contribution >= 0.6 is 34.5 Å². The van der Waals surface area contributed by atoms with E-state index in [-0.39, 0.29) is 11.3 Å². The Kier molecular flexibility index (Phi) is 6.47. The second-order valence-electron chi connectivity index (χ2n) is 8.24. The molecule has 36 heavy (non-hydrogen) atoms. The summed E-state index contributed by atoms with van der Waals surface area (Å²) in [4.78, 5) is 31.4. The predicted octanol–water partition coefficient (Wildman–Crippen LogP) is 5.40. The first-order chi connectivity index (χ1) is 17.3. The number of fused-ring (bicyclic) bond motifs is 1. The van der Waals surface area contributed by atoms with Gasteiger partial charge in [-0.25, -0.2) is 4.99 Å². The Morgan fingerprint density at radius 1 is 1.11 bits per heavy atom. The highest BCUT2D eigenvalue weighted by atomic mass is 35.5. The van der Waals surface area contributed by atoms with E-state index in [2.05, 4.69) is 4.99 Å². The van der Waals surface area contributed by atoms with Gasteiger partial charge in [-0.05, 0) is 68.0 Å². The normalized spacial score (nSPS) is 15.6. The van der Waals surface area contributed by atoms with E-state index in [1.165, 1.54) is 22.8 Å². The lowest BCUT2D eigenvalue weighted by molar-refractivity contribution is -0.114. The Morgan fingerprint density at radius 2 is 1.86 bits per heavy atom. The summed E-state index contributed by atoms with van der Waals surface area (Å²) in [6, 6.07) is 15.4. The maximum atomic E-state index is 13.6. The minimum atomic E-state index is -0.742. The number of ether oxygens (including phenoxy) is 1. The van der Waals surface area contributed by atoms with Crippen molar-refractivity contribution in [1.82, 2.24) is 4.57 Å². The largest absolute Gasteiger partial charge is 0.497 e. The maximum absolute atomic E-state index is 13.6. The molecule has 0 amide bonds. The number of hydrogen-bond donors (Lipinski definition) is 0. The first-order valence-corrected chi connectivity index (χ1v) is 12.6. The smallest absolute Gasteiger partial charge is 0.271 e. The number of aromatic nitrogens is 1. The highest BCUT2D eigenvalue weighted by molar-refractivity contribution is 7.07. The van der Waals surface area contributed by atoms with E-state index in [0.29, 0.717) is 42.2 Å². The zero-order chi connectivity index (χ0) is 25.6. The Balaban J connectivity index is 1.66. The zero-order valence-corrected chi connectivity index (χ0v) is 21.9. The molecule has 2 aromatic carbocycles. The van der Waals surface area contributed by atoms with Gasteiger partial charge in [0.1, 0.15) is 23.3 Å². The van der Waals surface area contributed by atoms with Gasteiger partial charge in [-0.3, -0.25) is 14.2 Å². The molecule has 0 fully saturated rings. The number of ketones is 1. The van der Waals surface area contributed by atoms with Crippen LogP contribution in [-0.2, 0) is 4.79 Å². The lowest BCUT2D eigenvalue weighted by Crippen LogP contribution is -2.39. The summed E-state index contributed by atoms with van der Waals surface area (Å²) >= 11 is 13.5. The van der Waals surface area contributed by atoms with Gasteiger partial charge in [-0.1, -0.05) is 46.7 Å². The van der Waals surface area contributed by atoms with Gasteiger partial charge in [0, 0.05) is 16.8 Å². The van der Waals surface area contributed by atoms with Crippen LogP contribution in [0, 0.1) is 0 Å². The standard InChI is InChI=1S/C27H20Cl2N2O4S/c1-14-24(15(2)32)25(22-11-10-21(35-22)17-6-9-19(28)20(29)13-17)31-26(33)23(36-27(31)30-14)12-16-4-7-18(34-3)8-5-16/h4-13,25H,1-3H3/b23-12+/t25-/m0/s1. The van der Waals surface area contributed by atoms with Gasteiger partial charge < -0.3 is 9.15 Å². The molecule has 3 heterocycles. The average Bonchev–Trinajstić information content (AvgIpc) is 3.45. The zero-order valence-electron chi connectivity index (χ0n) is 19.5. The number of nitrogens with zero attached hydrogens (tertiary/aromatic N) is 2. The van der Waals surface area contributed by atoms with Crippen molar-refractivity contribution in [1.29, 1.82) is 0 Å². The number of Topliss-reactive ketones (excluding diaryl/α,β-unsaturated/α-hetero) is 1. The molecule has 0 radical (unpaired) electrons. The molecule has 0 unspecified atom stereocenters. The van der Waals surface area contributed by atoms with E-state index in [4.69, 9.17) is 32.4 Å². The van der Waals surface area contributed by atoms with Crippen LogP contribution in [0.4, 0.5) is 0 Å². The molecule has 0 aliphatic carbocycles. The molecule has 4 aromatic rings. The summed E-state index contributed by atoms with van der Waals surface area (Å²) in [5, 5.41) is 0.840. The molecule has 1 aliphatic rings. The van der Waals surface area contributed by atoms with Gasteiger partial charge in [0.2, 0.25) is 0 Å². The Bertz CT molecular complexity index is 1710. The van der Waals surface area contributed by atoms with Crippen LogP contribution in [0.15, 0.2) is 80.1 Å². The third kappa shape index (κ3) is 4.34. The van der Waals surface area contributed by atoms with Crippen molar-refractivity contribution in [3.8, 4) is 17.1 Å². The highest BCUT2D eigenvalue weighted by Crippen LogP contribution is 2.35. The third-order valence-corrected chi connectivity index (χ3v) is 7.64. The molecule has 0 saturated carbocycles. The molecule has 9 heteroatoms. The first-order valence-electron chi connectivity index (χ1n) is 11.0. The van der Waals surface area contributed by atoms with Crippen LogP contribution in [0.25, 0.3) is 17.4 Å². The highest BCUT2D eigenvalue weighted by Gasteiger charge is 2.33. The Morgan fingerprint density at radius 3 is 2.53 bits per heavy atom. The van der Waals surface area contributed by atoms with Crippen molar-refractivity contribution in [3.63, 3.8) is 0 Å². The predicted molar refractivity (Wildman–Crippen MR) is 142 cm³/mol. The fourth-order valence-electron chi connectivity index (χ4n) is 4.20. The SMILES string of the molecule is COc1ccc(/C=c2/sc3n(c2=O)[C@@H](c2ccc(-c4ccc(Cl)c(Cl)c4)o2)C(C(C)=O)=C(C)N=3)cc1. The van der Waals surface area contributed by atoms with Crippen LogP contribution in [0.2, 0.25) is 10.0 Å². The Hall–Kier alpha value is -3.39. The summed E-state index contributed by atoms with van der Waals surface area (Å²) < 4.78 is 13.4. The van der Waals surface area contributed by atoms with E-state index in [0.717, 1.165) is 16.9 Å². The van der Waals surface area contributed by atoms with E-state index in [9.17, 15) is 9.59 Å². The number of carbonyl (C=O) groups is 1. The second-order valence-corrected chi connectivity index (χ2v) is 10.1. The number of hydrogen-bond acceptors (Lipinski definition) is 6. The topological polar surface area (TPSA) is 73.8 Å². The van der Waals surface area contributed by atoms with Gasteiger partial charge in [0.05, 0.1) is 21.7 Å². The molecule has 1 aliphatic heterocycles. The minimum absolute atomic E-state index is 0.182. The third-order valence-electron chi connectivity index (χ3n) is 5.91. The summed E-state index contributed by atoms with van der Waals surface area (Å²) in [5.41, 5.74) is 2.29. The van der Waals surface area contributed by atoms with Crippen molar-refractivity contribution < 1.29 is 13.9 Å². The fourth-order valence-corrected chi connectivity index (χ4v) is 5.54. The molecule has 0 spiro atoms. The van der Waals surface area contributed by atoms with Gasteiger partial charge in [0.15, 0.2) is 10.6 Å². The van der Waals surface area contributed by atoms with E-state index >= 15 is 0 Å². The second kappa shape index (κ2) is 9.58. The number of halogens is 2.